The Hall–Kier alpha value is -3.29. The Morgan fingerprint density at radius 3 is 2.58 bits per heavy atom. The molecule has 0 spiro atoms. The highest BCUT2D eigenvalue weighted by atomic mass is 16.5. The Kier molecular flexibility index (Phi) is 7.15. The van der Waals surface area contributed by atoms with E-state index >= 15 is 0 Å². The third kappa shape index (κ3) is 4.60. The number of carbonyl (C=O) groups excluding carboxylic acids is 3. The van der Waals surface area contributed by atoms with Gasteiger partial charge in [-0.3, -0.25) is 9.59 Å². The highest BCUT2D eigenvalue weighted by molar-refractivity contribution is 6.12. The number of benzene rings is 1. The van der Waals surface area contributed by atoms with Gasteiger partial charge in [-0.25, -0.2) is 4.79 Å². The second-order valence-corrected chi connectivity index (χ2v) is 8.65. The van der Waals surface area contributed by atoms with E-state index in [0.29, 0.717) is 35.6 Å². The average Bonchev–Trinajstić information content (AvgIpc) is 2.73. The molecule has 3 atom stereocenters. The number of ketones is 1. The van der Waals surface area contributed by atoms with Crippen LogP contribution < -0.4 is 10.1 Å². The smallest absolute Gasteiger partial charge is 0.337 e. The van der Waals surface area contributed by atoms with E-state index in [9.17, 15) is 19.5 Å². The molecule has 8 nitrogen and oxygen atoms in total. The molecule has 1 aromatic rings. The molecule has 0 saturated carbocycles. The molecule has 1 aliphatic carbocycles. The zero-order valence-corrected chi connectivity index (χ0v) is 19.9. The number of dihydropyridines is 1. The summed E-state index contributed by atoms with van der Waals surface area (Å²) < 4.78 is 15.9. The molecule has 0 aromatic heterocycles. The summed E-state index contributed by atoms with van der Waals surface area (Å²) in [4.78, 5) is 39.3. The van der Waals surface area contributed by atoms with Crippen LogP contribution in [-0.4, -0.2) is 42.6 Å². The topological polar surface area (TPSA) is 111 Å². The first-order chi connectivity index (χ1) is 15.6. The molecule has 1 heterocycles. The maximum absolute atomic E-state index is 13.7. The summed E-state index contributed by atoms with van der Waals surface area (Å²) in [6.45, 7) is 9.21. The fraction of sp³-hybridized carbons (Fsp3) is 0.480. The standard InChI is InChI=1S/C25H31NO7/c1-7-32-18-11-15(8-9-17(18)27)21-20(25(30)33-12(2)3)14(5)26-16-10-13(4)19(24(29)31-6)23(28)22(16)21/h8-9,11-13,19,21,26-27H,7,10H2,1-6H3/t13-,19-,21-/m1/s1. The molecule has 8 heteroatoms. The molecule has 1 aliphatic heterocycles. The average molecular weight is 458 g/mol. The van der Waals surface area contributed by atoms with Crippen LogP contribution in [0.1, 0.15) is 52.5 Å². The van der Waals surface area contributed by atoms with Gasteiger partial charge in [-0.1, -0.05) is 13.0 Å². The minimum atomic E-state index is -0.970. The Bertz CT molecular complexity index is 1040. The summed E-state index contributed by atoms with van der Waals surface area (Å²) in [5.74, 6) is -3.39. The molecular formula is C25H31NO7. The van der Waals surface area contributed by atoms with Crippen LogP contribution >= 0.6 is 0 Å². The molecule has 2 aliphatic rings. The van der Waals surface area contributed by atoms with Crippen molar-refractivity contribution in [3.05, 3.63) is 46.3 Å². The maximum atomic E-state index is 13.7. The lowest BCUT2D eigenvalue weighted by atomic mass is 9.69. The van der Waals surface area contributed by atoms with Crippen LogP contribution in [-0.2, 0) is 23.9 Å². The molecule has 1 aromatic carbocycles. The van der Waals surface area contributed by atoms with Crippen molar-refractivity contribution >= 4 is 17.7 Å². The van der Waals surface area contributed by atoms with Crippen molar-refractivity contribution in [2.45, 2.75) is 53.1 Å². The molecule has 0 amide bonds. The normalized spacial score (nSPS) is 22.6. The fourth-order valence-electron chi connectivity index (χ4n) is 4.54. The second-order valence-electron chi connectivity index (χ2n) is 8.65. The molecule has 0 saturated heterocycles. The number of aromatic hydroxyl groups is 1. The van der Waals surface area contributed by atoms with Gasteiger partial charge >= 0.3 is 11.9 Å². The number of phenolic OH excluding ortho intramolecular Hbond substituents is 1. The number of Topliss-reactive ketones (excluding diaryl/α,β-unsaturated/α-hetero) is 1. The van der Waals surface area contributed by atoms with Gasteiger partial charge in [0, 0.05) is 22.9 Å². The molecule has 0 bridgehead atoms. The quantitative estimate of drug-likeness (QED) is 0.494. The Balaban J connectivity index is 2.22. The summed E-state index contributed by atoms with van der Waals surface area (Å²) in [6, 6.07) is 4.73. The van der Waals surface area contributed by atoms with Crippen molar-refractivity contribution in [1.82, 2.24) is 5.32 Å². The van der Waals surface area contributed by atoms with Gasteiger partial charge in [-0.2, -0.15) is 0 Å². The molecule has 0 unspecified atom stereocenters. The van der Waals surface area contributed by atoms with Gasteiger partial charge in [0.2, 0.25) is 0 Å². The van der Waals surface area contributed by atoms with Gasteiger partial charge in [-0.05, 0) is 57.7 Å². The Morgan fingerprint density at radius 1 is 1.27 bits per heavy atom. The number of hydrogen-bond acceptors (Lipinski definition) is 8. The van der Waals surface area contributed by atoms with Crippen molar-refractivity contribution in [2.24, 2.45) is 11.8 Å². The molecule has 0 fully saturated rings. The predicted molar refractivity (Wildman–Crippen MR) is 120 cm³/mol. The van der Waals surface area contributed by atoms with Gasteiger partial charge in [0.15, 0.2) is 17.3 Å². The molecule has 0 radical (unpaired) electrons. The van der Waals surface area contributed by atoms with Crippen LogP contribution in [0.25, 0.3) is 0 Å². The first-order valence-electron chi connectivity index (χ1n) is 11.1. The largest absolute Gasteiger partial charge is 0.504 e. The van der Waals surface area contributed by atoms with Crippen LogP contribution in [0.5, 0.6) is 11.5 Å². The molecule has 33 heavy (non-hydrogen) atoms. The van der Waals surface area contributed by atoms with Crippen LogP contribution in [0.3, 0.4) is 0 Å². The number of ether oxygens (including phenoxy) is 3. The van der Waals surface area contributed by atoms with Crippen molar-refractivity contribution < 1.29 is 33.7 Å². The minimum Gasteiger partial charge on any atom is -0.504 e. The summed E-state index contributed by atoms with van der Waals surface area (Å²) in [5.41, 5.74) is 2.43. The van der Waals surface area contributed by atoms with Crippen molar-refractivity contribution in [1.29, 1.82) is 0 Å². The van der Waals surface area contributed by atoms with Crippen LogP contribution in [0.2, 0.25) is 0 Å². The van der Waals surface area contributed by atoms with E-state index < -0.39 is 23.8 Å². The lowest BCUT2D eigenvalue weighted by Gasteiger charge is -2.38. The summed E-state index contributed by atoms with van der Waals surface area (Å²) in [6.07, 6.45) is 0.0787. The van der Waals surface area contributed by atoms with Gasteiger partial charge in [0.1, 0.15) is 5.92 Å². The highest BCUT2D eigenvalue weighted by Gasteiger charge is 2.47. The van der Waals surface area contributed by atoms with E-state index in [0.717, 1.165) is 0 Å². The fourth-order valence-corrected chi connectivity index (χ4v) is 4.54. The van der Waals surface area contributed by atoms with Gasteiger partial charge in [-0.15, -0.1) is 0 Å². The lowest BCUT2D eigenvalue weighted by molar-refractivity contribution is -0.151. The Labute approximate surface area is 193 Å². The molecule has 3 rings (SSSR count). The summed E-state index contributed by atoms with van der Waals surface area (Å²) in [5, 5.41) is 13.4. The second kappa shape index (κ2) is 9.68. The van der Waals surface area contributed by atoms with Gasteiger partial charge in [0.25, 0.3) is 0 Å². The summed E-state index contributed by atoms with van der Waals surface area (Å²) >= 11 is 0. The maximum Gasteiger partial charge on any atom is 0.337 e. The third-order valence-electron chi connectivity index (χ3n) is 5.92. The van der Waals surface area contributed by atoms with Crippen LogP contribution in [0.15, 0.2) is 40.7 Å². The predicted octanol–water partition coefficient (Wildman–Crippen LogP) is 3.36. The third-order valence-corrected chi connectivity index (χ3v) is 5.92. The SMILES string of the molecule is CCOc1cc([C@@H]2C(C(=O)OC(C)C)=C(C)NC3=C2C(=O)[C@H](C(=O)OC)[C@H](C)C3)ccc1O. The molecular weight excluding hydrogens is 426 g/mol. The number of phenols is 1. The van der Waals surface area contributed by atoms with Crippen LogP contribution in [0.4, 0.5) is 0 Å². The Morgan fingerprint density at radius 2 is 1.97 bits per heavy atom. The van der Waals surface area contributed by atoms with Crippen molar-refractivity contribution in [2.75, 3.05) is 13.7 Å². The number of rotatable bonds is 6. The number of esters is 2. The minimum absolute atomic E-state index is 0.0493. The number of methoxy groups -OCH3 is 1. The zero-order chi connectivity index (χ0) is 24.4. The van der Waals surface area contributed by atoms with E-state index in [2.05, 4.69) is 5.32 Å². The monoisotopic (exact) mass is 457 g/mol. The molecule has 2 N–H and O–H groups in total. The summed E-state index contributed by atoms with van der Waals surface area (Å²) in [7, 11) is 1.26. The highest BCUT2D eigenvalue weighted by Crippen LogP contribution is 2.46. The van der Waals surface area contributed by atoms with E-state index in [-0.39, 0.29) is 34.9 Å². The number of allylic oxidation sites excluding steroid dienone is 3. The van der Waals surface area contributed by atoms with E-state index in [4.69, 9.17) is 14.2 Å². The number of hydrogen-bond donors (Lipinski definition) is 2. The van der Waals surface area contributed by atoms with Gasteiger partial charge < -0.3 is 24.6 Å². The number of carbonyl (C=O) groups is 3. The van der Waals surface area contributed by atoms with Crippen LogP contribution in [0, 0.1) is 11.8 Å². The van der Waals surface area contributed by atoms with E-state index in [1.807, 2.05) is 6.92 Å². The lowest BCUT2D eigenvalue weighted by Crippen LogP contribution is -2.43. The van der Waals surface area contributed by atoms with Crippen molar-refractivity contribution in [3.63, 3.8) is 0 Å². The number of nitrogens with one attached hydrogen (secondary N) is 1. The van der Waals surface area contributed by atoms with E-state index in [1.165, 1.54) is 13.2 Å². The van der Waals surface area contributed by atoms with E-state index in [1.54, 1.807) is 39.8 Å². The first kappa shape index (κ1) is 24.4. The zero-order valence-electron chi connectivity index (χ0n) is 19.9. The van der Waals surface area contributed by atoms with Crippen molar-refractivity contribution in [3.8, 4) is 11.5 Å². The van der Waals surface area contributed by atoms with Gasteiger partial charge in [0.05, 0.1) is 25.4 Å². The first-order valence-corrected chi connectivity index (χ1v) is 11.1. The molecule has 178 valence electrons.